The zero-order chi connectivity index (χ0) is 49.3. The van der Waals surface area contributed by atoms with Gasteiger partial charge in [0.1, 0.15) is 0 Å². The van der Waals surface area contributed by atoms with Crippen molar-refractivity contribution in [3.8, 4) is 73.1 Å². The van der Waals surface area contributed by atoms with E-state index in [1.54, 1.807) is 12.1 Å². The van der Waals surface area contributed by atoms with Crippen molar-refractivity contribution in [2.45, 2.75) is 12.4 Å². The zero-order valence-corrected chi connectivity index (χ0v) is 38.0. The minimum absolute atomic E-state index is 0.0572. The van der Waals surface area contributed by atoms with Gasteiger partial charge in [-0.15, -0.1) is 0 Å². The van der Waals surface area contributed by atoms with Crippen molar-refractivity contribution in [1.29, 1.82) is 5.26 Å². The summed E-state index contributed by atoms with van der Waals surface area (Å²) in [6.45, 7) is 0. The van der Waals surface area contributed by atoms with E-state index in [-0.39, 0.29) is 34.1 Å². The smallest absolute Gasteiger partial charge is 0.308 e. The molecule has 10 aromatic carbocycles. The van der Waals surface area contributed by atoms with Gasteiger partial charge in [0.15, 0.2) is 0 Å². The maximum Gasteiger partial charge on any atom is 0.416 e. The molecule has 12 rings (SSSR count). The Bertz CT molecular complexity index is 3660. The third-order valence-electron chi connectivity index (χ3n) is 13.5. The van der Waals surface area contributed by atoms with Crippen LogP contribution < -0.4 is 0 Å². The Morgan fingerprint density at radius 1 is 0.306 bits per heavy atom. The summed E-state index contributed by atoms with van der Waals surface area (Å²) in [7, 11) is 0. The molecular formula is C63H37F6N3. The molecule has 3 nitrogen and oxygen atoms in total. The van der Waals surface area contributed by atoms with E-state index in [1.165, 1.54) is 0 Å². The first-order chi connectivity index (χ1) is 34.9. The van der Waals surface area contributed by atoms with Crippen LogP contribution in [0.5, 0.6) is 0 Å². The summed E-state index contributed by atoms with van der Waals surface area (Å²) in [4.78, 5) is 0. The summed E-state index contributed by atoms with van der Waals surface area (Å²) < 4.78 is 94.0. The lowest BCUT2D eigenvalue weighted by Gasteiger charge is -2.22. The minimum Gasteiger partial charge on any atom is -0.308 e. The van der Waals surface area contributed by atoms with Crippen molar-refractivity contribution >= 4 is 43.6 Å². The second kappa shape index (κ2) is 17.1. The maximum atomic E-state index is 15.0. The normalized spacial score (nSPS) is 12.0. The molecule has 0 spiro atoms. The Hall–Kier alpha value is -9.13. The topological polar surface area (TPSA) is 33.6 Å². The molecule has 0 atom stereocenters. The highest BCUT2D eigenvalue weighted by Crippen LogP contribution is 2.47. The molecule has 0 aliphatic rings. The fourth-order valence-corrected chi connectivity index (χ4v) is 10.2. The fourth-order valence-electron chi connectivity index (χ4n) is 10.2. The number of hydrogen-bond donors (Lipinski definition) is 0. The fraction of sp³-hybridized carbons (Fsp3) is 0.0317. The molecule has 0 radical (unpaired) electrons. The molecule has 0 fully saturated rings. The van der Waals surface area contributed by atoms with Gasteiger partial charge in [-0.1, -0.05) is 146 Å². The largest absolute Gasteiger partial charge is 0.416 e. The maximum absolute atomic E-state index is 15.0. The number of fused-ring (bicyclic) bond motifs is 6. The first-order valence-corrected chi connectivity index (χ1v) is 23.2. The summed E-state index contributed by atoms with van der Waals surface area (Å²) in [6, 6.07) is 70.2. The van der Waals surface area contributed by atoms with Crippen molar-refractivity contribution in [2.75, 3.05) is 0 Å². The Morgan fingerprint density at radius 3 is 0.861 bits per heavy atom. The van der Waals surface area contributed by atoms with Gasteiger partial charge in [-0.2, -0.15) is 31.6 Å². The first kappa shape index (κ1) is 44.1. The SMILES string of the molecule is N#Cc1cc(-n2c3ccc(-c4ccccc4)cc3c3cc(-c4ccccc4)ccc32)c(-c2cc(C(F)(F)F)cc(C(F)(F)F)c2)c(-n2c3ccc(-c4ccccc4)cc3c3cc(-c4ccccc4)ccc32)c1. The van der Waals surface area contributed by atoms with E-state index in [4.69, 9.17) is 0 Å². The lowest BCUT2D eigenvalue weighted by molar-refractivity contribution is -0.143. The second-order valence-electron chi connectivity index (χ2n) is 17.9. The van der Waals surface area contributed by atoms with E-state index in [0.29, 0.717) is 22.1 Å². The van der Waals surface area contributed by atoms with Crippen LogP contribution in [-0.4, -0.2) is 9.13 Å². The summed E-state index contributed by atoms with van der Waals surface area (Å²) in [6.07, 6.45) is -10.3. The summed E-state index contributed by atoms with van der Waals surface area (Å²) >= 11 is 0. The predicted molar refractivity (Wildman–Crippen MR) is 277 cm³/mol. The average Bonchev–Trinajstić information content (AvgIpc) is 3.92. The number of rotatable bonds is 7. The molecule has 0 aliphatic carbocycles. The molecule has 2 aromatic heterocycles. The number of nitrogens with zero attached hydrogens (tertiary/aromatic N) is 3. The molecule has 9 heteroatoms. The van der Waals surface area contributed by atoms with Gasteiger partial charge in [-0.25, -0.2) is 0 Å². The van der Waals surface area contributed by atoms with Crippen LogP contribution in [0.3, 0.4) is 0 Å². The van der Waals surface area contributed by atoms with E-state index in [9.17, 15) is 5.26 Å². The average molecular weight is 950 g/mol. The van der Waals surface area contributed by atoms with Crippen molar-refractivity contribution < 1.29 is 26.3 Å². The number of benzene rings is 10. The highest BCUT2D eigenvalue weighted by molar-refractivity contribution is 6.14. The molecular weight excluding hydrogens is 913 g/mol. The zero-order valence-electron chi connectivity index (χ0n) is 38.0. The monoisotopic (exact) mass is 949 g/mol. The second-order valence-corrected chi connectivity index (χ2v) is 17.9. The Morgan fingerprint density at radius 2 is 0.597 bits per heavy atom. The van der Waals surface area contributed by atoms with E-state index in [0.717, 1.165) is 78.2 Å². The molecule has 0 bridgehead atoms. The Balaban J connectivity index is 1.24. The predicted octanol–water partition coefficient (Wildman–Crippen LogP) is 18.1. The van der Waals surface area contributed by atoms with Crippen LogP contribution in [0.4, 0.5) is 26.3 Å². The van der Waals surface area contributed by atoms with Crippen LogP contribution in [-0.2, 0) is 12.4 Å². The van der Waals surface area contributed by atoms with Crippen molar-refractivity contribution in [1.82, 2.24) is 9.13 Å². The van der Waals surface area contributed by atoms with Crippen molar-refractivity contribution in [2.24, 2.45) is 0 Å². The Kier molecular flexibility index (Phi) is 10.5. The highest BCUT2D eigenvalue weighted by Gasteiger charge is 2.38. The van der Waals surface area contributed by atoms with Crippen molar-refractivity contribution in [3.05, 3.63) is 241 Å². The van der Waals surface area contributed by atoms with Crippen LogP contribution in [0, 0.1) is 11.3 Å². The van der Waals surface area contributed by atoms with Gasteiger partial charge >= 0.3 is 12.4 Å². The molecule has 0 unspecified atom stereocenters. The summed E-state index contributed by atoms with van der Waals surface area (Å²) in [5, 5.41) is 14.1. The lowest BCUT2D eigenvalue weighted by atomic mass is 9.94. The van der Waals surface area contributed by atoms with Crippen LogP contribution in [0.1, 0.15) is 16.7 Å². The third kappa shape index (κ3) is 7.65. The molecule has 0 N–H and O–H groups in total. The van der Waals surface area contributed by atoms with E-state index in [2.05, 4.69) is 30.3 Å². The highest BCUT2D eigenvalue weighted by atomic mass is 19.4. The number of hydrogen-bond acceptors (Lipinski definition) is 1. The molecule has 0 amide bonds. The molecule has 0 saturated heterocycles. The molecule has 0 saturated carbocycles. The standard InChI is InChI=1S/C63H37F6N3/c64-62(65,66)49-31-48(32-50(37-49)63(67,68)69)61-59(71-55-25-21-44(40-13-5-1-6-14-40)33-51(55)52-34-45(22-26-56(52)71)41-15-7-2-8-16-41)29-39(38-70)30-60(61)72-57-27-23-46(42-17-9-3-10-18-42)35-53(57)54-36-47(24-28-58(54)72)43-19-11-4-12-20-43/h1-37H. The van der Waals surface area contributed by atoms with Crippen molar-refractivity contribution in [3.63, 3.8) is 0 Å². The number of aromatic nitrogens is 2. The molecule has 0 aliphatic heterocycles. The number of alkyl halides is 6. The minimum atomic E-state index is -5.15. The van der Waals surface area contributed by atoms with Crippen LogP contribution in [0.25, 0.3) is 111 Å². The van der Waals surface area contributed by atoms with Gasteiger partial charge < -0.3 is 9.13 Å². The lowest BCUT2D eigenvalue weighted by Crippen LogP contribution is -2.12. The third-order valence-corrected chi connectivity index (χ3v) is 13.5. The molecule has 2 heterocycles. The van der Waals surface area contributed by atoms with Gasteiger partial charge in [-0.3, -0.25) is 0 Å². The van der Waals surface area contributed by atoms with Crippen LogP contribution in [0.2, 0.25) is 0 Å². The van der Waals surface area contributed by atoms with Gasteiger partial charge in [0.05, 0.1) is 56.2 Å². The molecule has 12 aromatic rings. The van der Waals surface area contributed by atoms with Gasteiger partial charge in [0.25, 0.3) is 0 Å². The first-order valence-electron chi connectivity index (χ1n) is 23.2. The van der Waals surface area contributed by atoms with E-state index >= 15 is 26.3 Å². The van der Waals surface area contributed by atoms with Gasteiger partial charge in [0, 0.05) is 27.1 Å². The van der Waals surface area contributed by atoms with Crippen LogP contribution >= 0.6 is 0 Å². The van der Waals surface area contributed by atoms with Gasteiger partial charge in [-0.05, 0) is 129 Å². The quantitative estimate of drug-likeness (QED) is 0.147. The molecule has 72 heavy (non-hydrogen) atoms. The van der Waals surface area contributed by atoms with Gasteiger partial charge in [0.2, 0.25) is 0 Å². The molecule has 346 valence electrons. The number of halogens is 6. The summed E-state index contributed by atoms with van der Waals surface area (Å²) in [5.74, 6) is 0. The Labute approximate surface area is 409 Å². The van der Waals surface area contributed by atoms with E-state index < -0.39 is 23.5 Å². The summed E-state index contributed by atoms with van der Waals surface area (Å²) in [5.41, 5.74) is 7.32. The van der Waals surface area contributed by atoms with E-state index in [1.807, 2.05) is 179 Å². The number of nitriles is 1. The van der Waals surface area contributed by atoms with Crippen LogP contribution in [0.15, 0.2) is 224 Å².